The van der Waals surface area contributed by atoms with Crippen molar-refractivity contribution in [2.45, 2.75) is 58.2 Å². The molecule has 92 valence electrons. The molecule has 0 unspecified atom stereocenters. The number of carboxylic acids is 1. The van der Waals surface area contributed by atoms with E-state index in [4.69, 9.17) is 9.84 Å². The molecule has 1 amide bonds. The molecule has 1 N–H and O–H groups in total. The average Bonchev–Trinajstić information content (AvgIpc) is 2.43. The highest BCUT2D eigenvalue weighted by atomic mass is 16.6. The van der Waals surface area contributed by atoms with E-state index in [1.165, 1.54) is 4.90 Å². The number of carbonyl (C=O) groups excluding carboxylic acids is 1. The van der Waals surface area contributed by atoms with Crippen LogP contribution in [0.1, 0.15) is 40.5 Å². The summed E-state index contributed by atoms with van der Waals surface area (Å²) in [5, 5.41) is 9.00. The summed E-state index contributed by atoms with van der Waals surface area (Å²) in [4.78, 5) is 24.1. The van der Waals surface area contributed by atoms with Crippen LogP contribution in [0.2, 0.25) is 0 Å². The van der Waals surface area contributed by atoms with Gasteiger partial charge in [0.1, 0.15) is 11.6 Å². The van der Waals surface area contributed by atoms with Crippen LogP contribution >= 0.6 is 0 Å². The van der Waals surface area contributed by atoms with Gasteiger partial charge in [-0.2, -0.15) is 0 Å². The SMILES string of the molecule is C[C@@H]1CC[C@@H](C(=O)O)N1C(=O)OC(C)(C)C. The number of nitrogens with zero attached hydrogens (tertiary/aromatic N) is 1. The molecule has 1 saturated heterocycles. The second-order valence-corrected chi connectivity index (χ2v) is 5.17. The van der Waals surface area contributed by atoms with E-state index in [0.29, 0.717) is 12.8 Å². The molecule has 0 bridgehead atoms. The van der Waals surface area contributed by atoms with Crippen molar-refractivity contribution < 1.29 is 19.4 Å². The predicted octanol–water partition coefficient (Wildman–Crippen LogP) is 1.86. The van der Waals surface area contributed by atoms with Crippen LogP contribution in [0.25, 0.3) is 0 Å². The molecule has 5 nitrogen and oxygen atoms in total. The van der Waals surface area contributed by atoms with Gasteiger partial charge in [-0.3, -0.25) is 4.90 Å². The van der Waals surface area contributed by atoms with Crippen molar-refractivity contribution >= 4 is 12.1 Å². The average molecular weight is 229 g/mol. The van der Waals surface area contributed by atoms with Crippen LogP contribution in [0, 0.1) is 0 Å². The highest BCUT2D eigenvalue weighted by Crippen LogP contribution is 2.26. The first-order chi connectivity index (χ1) is 7.22. The lowest BCUT2D eigenvalue weighted by Gasteiger charge is -2.29. The maximum Gasteiger partial charge on any atom is 0.411 e. The molecule has 1 fully saturated rings. The van der Waals surface area contributed by atoms with Gasteiger partial charge in [-0.1, -0.05) is 0 Å². The number of ether oxygens (including phenoxy) is 1. The third kappa shape index (κ3) is 2.87. The molecule has 0 aromatic rings. The lowest BCUT2D eigenvalue weighted by atomic mass is 10.2. The standard InChI is InChI=1S/C11H19NO4/c1-7-5-6-8(9(13)14)12(7)10(15)16-11(2,3)4/h7-8H,5-6H2,1-4H3,(H,13,14)/t7-,8+/m1/s1. The van der Waals surface area contributed by atoms with Gasteiger partial charge in [-0.05, 0) is 40.5 Å². The van der Waals surface area contributed by atoms with Gasteiger partial charge in [0.25, 0.3) is 0 Å². The summed E-state index contributed by atoms with van der Waals surface area (Å²) in [6.07, 6.45) is 0.663. The van der Waals surface area contributed by atoms with Crippen molar-refractivity contribution in [1.82, 2.24) is 4.90 Å². The maximum absolute atomic E-state index is 11.8. The van der Waals surface area contributed by atoms with E-state index in [0.717, 1.165) is 0 Å². The van der Waals surface area contributed by atoms with Crippen LogP contribution < -0.4 is 0 Å². The minimum atomic E-state index is -0.963. The van der Waals surface area contributed by atoms with Gasteiger partial charge in [-0.15, -0.1) is 0 Å². The molecule has 0 aliphatic carbocycles. The topological polar surface area (TPSA) is 66.8 Å². The number of likely N-dealkylation sites (tertiary alicyclic amines) is 1. The zero-order valence-electron chi connectivity index (χ0n) is 10.2. The smallest absolute Gasteiger partial charge is 0.411 e. The van der Waals surface area contributed by atoms with Crippen LogP contribution in [-0.2, 0) is 9.53 Å². The van der Waals surface area contributed by atoms with Gasteiger partial charge < -0.3 is 9.84 Å². The molecular formula is C11H19NO4. The molecule has 1 aliphatic rings. The number of carboxylic acid groups (broad SMARTS) is 1. The van der Waals surface area contributed by atoms with Gasteiger partial charge in [0.2, 0.25) is 0 Å². The predicted molar refractivity (Wildman–Crippen MR) is 58.2 cm³/mol. The third-order valence-corrected chi connectivity index (χ3v) is 2.56. The van der Waals surface area contributed by atoms with Crippen molar-refractivity contribution in [2.75, 3.05) is 0 Å². The summed E-state index contributed by atoms with van der Waals surface area (Å²) >= 11 is 0. The molecule has 1 heterocycles. The summed E-state index contributed by atoms with van der Waals surface area (Å²) in [5.41, 5.74) is -0.595. The molecule has 16 heavy (non-hydrogen) atoms. The Labute approximate surface area is 95.4 Å². The fraction of sp³-hybridized carbons (Fsp3) is 0.818. The number of hydrogen-bond acceptors (Lipinski definition) is 3. The van der Waals surface area contributed by atoms with E-state index in [-0.39, 0.29) is 6.04 Å². The Morgan fingerprint density at radius 3 is 2.31 bits per heavy atom. The van der Waals surface area contributed by atoms with Crippen LogP contribution in [0.15, 0.2) is 0 Å². The molecule has 1 aliphatic heterocycles. The monoisotopic (exact) mass is 229 g/mol. The summed E-state index contributed by atoms with van der Waals surface area (Å²) in [6, 6.07) is -0.819. The van der Waals surface area contributed by atoms with E-state index in [1.807, 2.05) is 6.92 Å². The van der Waals surface area contributed by atoms with E-state index in [1.54, 1.807) is 20.8 Å². The fourth-order valence-corrected chi connectivity index (χ4v) is 1.85. The molecular weight excluding hydrogens is 210 g/mol. The molecule has 0 aromatic carbocycles. The third-order valence-electron chi connectivity index (χ3n) is 2.56. The Kier molecular flexibility index (Phi) is 3.45. The molecule has 5 heteroatoms. The van der Waals surface area contributed by atoms with Gasteiger partial charge in [0.15, 0.2) is 0 Å². The van der Waals surface area contributed by atoms with E-state index in [9.17, 15) is 9.59 Å². The van der Waals surface area contributed by atoms with Gasteiger partial charge in [-0.25, -0.2) is 9.59 Å². The minimum Gasteiger partial charge on any atom is -0.480 e. The number of rotatable bonds is 1. The van der Waals surface area contributed by atoms with Crippen LogP contribution in [0.5, 0.6) is 0 Å². The van der Waals surface area contributed by atoms with E-state index < -0.39 is 23.7 Å². The van der Waals surface area contributed by atoms with Crippen LogP contribution in [0.4, 0.5) is 4.79 Å². The number of aliphatic carboxylic acids is 1. The Hall–Kier alpha value is -1.26. The second-order valence-electron chi connectivity index (χ2n) is 5.17. The number of amides is 1. The summed E-state index contributed by atoms with van der Waals surface area (Å²) in [6.45, 7) is 7.14. The quantitative estimate of drug-likeness (QED) is 0.745. The molecule has 0 spiro atoms. The fourth-order valence-electron chi connectivity index (χ4n) is 1.85. The highest BCUT2D eigenvalue weighted by Gasteiger charge is 2.40. The van der Waals surface area contributed by atoms with Gasteiger partial charge in [0, 0.05) is 6.04 Å². The first-order valence-electron chi connectivity index (χ1n) is 5.46. The largest absolute Gasteiger partial charge is 0.480 e. The van der Waals surface area contributed by atoms with E-state index >= 15 is 0 Å². The van der Waals surface area contributed by atoms with Crippen molar-refractivity contribution in [3.63, 3.8) is 0 Å². The lowest BCUT2D eigenvalue weighted by Crippen LogP contribution is -2.46. The minimum absolute atomic E-state index is 0.0732. The van der Waals surface area contributed by atoms with Crippen molar-refractivity contribution in [1.29, 1.82) is 0 Å². The summed E-state index contributed by atoms with van der Waals surface area (Å²) < 4.78 is 5.20. The van der Waals surface area contributed by atoms with Crippen molar-refractivity contribution in [2.24, 2.45) is 0 Å². The van der Waals surface area contributed by atoms with Crippen molar-refractivity contribution in [3.05, 3.63) is 0 Å². The Morgan fingerprint density at radius 1 is 1.31 bits per heavy atom. The van der Waals surface area contributed by atoms with Gasteiger partial charge in [0.05, 0.1) is 0 Å². The lowest BCUT2D eigenvalue weighted by molar-refractivity contribution is -0.142. The Bertz CT molecular complexity index is 295. The zero-order valence-corrected chi connectivity index (χ0v) is 10.2. The zero-order chi connectivity index (χ0) is 12.5. The molecule has 0 aromatic heterocycles. The van der Waals surface area contributed by atoms with Crippen LogP contribution in [-0.4, -0.2) is 39.8 Å². The second kappa shape index (κ2) is 4.31. The van der Waals surface area contributed by atoms with Crippen molar-refractivity contribution in [3.8, 4) is 0 Å². The maximum atomic E-state index is 11.8. The Balaban J connectivity index is 2.76. The molecule has 0 saturated carbocycles. The molecule has 2 atom stereocenters. The highest BCUT2D eigenvalue weighted by molar-refractivity contribution is 5.81. The number of carbonyl (C=O) groups is 2. The molecule has 0 radical (unpaired) electrons. The van der Waals surface area contributed by atoms with Crippen LogP contribution in [0.3, 0.4) is 0 Å². The normalized spacial score (nSPS) is 25.6. The first kappa shape index (κ1) is 12.8. The summed E-state index contributed by atoms with van der Waals surface area (Å²) in [5.74, 6) is -0.963. The number of hydrogen-bond donors (Lipinski definition) is 1. The first-order valence-corrected chi connectivity index (χ1v) is 5.46. The Morgan fingerprint density at radius 2 is 1.88 bits per heavy atom. The summed E-state index contributed by atoms with van der Waals surface area (Å²) in [7, 11) is 0. The van der Waals surface area contributed by atoms with Gasteiger partial charge >= 0.3 is 12.1 Å². The van der Waals surface area contributed by atoms with E-state index in [2.05, 4.69) is 0 Å². The molecule has 1 rings (SSSR count).